The predicted octanol–water partition coefficient (Wildman–Crippen LogP) is 4.16. The van der Waals surface area contributed by atoms with Gasteiger partial charge >= 0.3 is 0 Å². The van der Waals surface area contributed by atoms with E-state index >= 15 is 0 Å². The zero-order valence-electron chi connectivity index (χ0n) is 12.1. The Morgan fingerprint density at radius 1 is 1.09 bits per heavy atom. The standard InChI is InChI=1S/C16H14Cl2N2O3/c17-10-1-3-12(18)13(7-10)20-16(21)5-6-19-11-2-4-14-15(8-11)23-9-22-14/h1-4,7-8,19H,5-6,9H2,(H,20,21). The third-order valence-corrected chi connectivity index (χ3v) is 3.82. The normalized spacial score (nSPS) is 12.1. The van der Waals surface area contributed by atoms with Gasteiger partial charge in [-0.05, 0) is 30.3 Å². The summed E-state index contributed by atoms with van der Waals surface area (Å²) >= 11 is 11.9. The molecular formula is C16H14Cl2N2O3. The third-order valence-electron chi connectivity index (χ3n) is 3.26. The molecule has 23 heavy (non-hydrogen) atoms. The lowest BCUT2D eigenvalue weighted by atomic mass is 10.2. The highest BCUT2D eigenvalue weighted by atomic mass is 35.5. The number of halogens is 2. The Morgan fingerprint density at radius 2 is 1.91 bits per heavy atom. The van der Waals surface area contributed by atoms with Gasteiger partial charge in [0.25, 0.3) is 0 Å². The Bertz CT molecular complexity index is 737. The van der Waals surface area contributed by atoms with E-state index in [1.165, 1.54) is 0 Å². The summed E-state index contributed by atoms with van der Waals surface area (Å²) in [5.41, 5.74) is 1.37. The highest BCUT2D eigenvalue weighted by molar-refractivity contribution is 6.35. The molecule has 0 aliphatic carbocycles. The summed E-state index contributed by atoms with van der Waals surface area (Å²) in [6.07, 6.45) is 0.289. The van der Waals surface area contributed by atoms with Crippen LogP contribution in [0.25, 0.3) is 0 Å². The molecule has 1 aliphatic rings. The van der Waals surface area contributed by atoms with E-state index in [1.54, 1.807) is 18.2 Å². The molecule has 1 heterocycles. The molecule has 2 aromatic rings. The van der Waals surface area contributed by atoms with E-state index in [4.69, 9.17) is 32.7 Å². The van der Waals surface area contributed by atoms with Crippen molar-refractivity contribution in [3.05, 3.63) is 46.4 Å². The molecular weight excluding hydrogens is 339 g/mol. The van der Waals surface area contributed by atoms with Gasteiger partial charge in [0.05, 0.1) is 10.7 Å². The molecule has 0 atom stereocenters. The number of hydrogen-bond donors (Lipinski definition) is 2. The fourth-order valence-electron chi connectivity index (χ4n) is 2.13. The Labute approximate surface area is 143 Å². The lowest BCUT2D eigenvalue weighted by Crippen LogP contribution is -2.16. The van der Waals surface area contributed by atoms with Crippen LogP contribution in [-0.4, -0.2) is 19.2 Å². The lowest BCUT2D eigenvalue weighted by Gasteiger charge is -2.09. The van der Waals surface area contributed by atoms with Crippen molar-refractivity contribution in [3.63, 3.8) is 0 Å². The van der Waals surface area contributed by atoms with E-state index in [1.807, 2.05) is 18.2 Å². The first-order chi connectivity index (χ1) is 11.1. The van der Waals surface area contributed by atoms with E-state index in [9.17, 15) is 4.79 Å². The summed E-state index contributed by atoms with van der Waals surface area (Å²) in [6.45, 7) is 0.714. The highest BCUT2D eigenvalue weighted by Gasteiger charge is 2.13. The molecule has 0 saturated heterocycles. The minimum Gasteiger partial charge on any atom is -0.454 e. The second-order valence-corrected chi connectivity index (χ2v) is 5.76. The fourth-order valence-corrected chi connectivity index (χ4v) is 2.47. The van der Waals surface area contributed by atoms with Gasteiger partial charge in [0.2, 0.25) is 12.7 Å². The molecule has 1 aliphatic heterocycles. The summed E-state index contributed by atoms with van der Waals surface area (Å²) in [7, 11) is 0. The molecule has 0 saturated carbocycles. The van der Waals surface area contributed by atoms with E-state index in [-0.39, 0.29) is 19.1 Å². The monoisotopic (exact) mass is 352 g/mol. The number of benzene rings is 2. The van der Waals surface area contributed by atoms with Crippen LogP contribution >= 0.6 is 23.2 Å². The molecule has 0 bridgehead atoms. The topological polar surface area (TPSA) is 59.6 Å². The van der Waals surface area contributed by atoms with Crippen molar-refractivity contribution >= 4 is 40.5 Å². The summed E-state index contributed by atoms with van der Waals surface area (Å²) in [5, 5.41) is 6.87. The number of carbonyl (C=O) groups excluding carboxylic acids is 1. The summed E-state index contributed by atoms with van der Waals surface area (Å²) < 4.78 is 10.5. The SMILES string of the molecule is O=C(CCNc1ccc2c(c1)OCO2)Nc1cc(Cl)ccc1Cl. The third kappa shape index (κ3) is 4.00. The van der Waals surface area contributed by atoms with Crippen LogP contribution in [0.1, 0.15) is 6.42 Å². The van der Waals surface area contributed by atoms with Crippen LogP contribution in [0, 0.1) is 0 Å². The molecule has 5 nitrogen and oxygen atoms in total. The number of ether oxygens (including phenoxy) is 2. The Balaban J connectivity index is 1.50. The van der Waals surface area contributed by atoms with Gasteiger partial charge in [-0.3, -0.25) is 4.79 Å². The molecule has 0 radical (unpaired) electrons. The first kappa shape index (κ1) is 15.8. The molecule has 2 N–H and O–H groups in total. The molecule has 7 heteroatoms. The average molecular weight is 353 g/mol. The summed E-state index contributed by atoms with van der Waals surface area (Å²) in [5.74, 6) is 1.27. The summed E-state index contributed by atoms with van der Waals surface area (Å²) in [4.78, 5) is 12.0. The van der Waals surface area contributed by atoms with Crippen molar-refractivity contribution in [2.45, 2.75) is 6.42 Å². The van der Waals surface area contributed by atoms with Gasteiger partial charge in [0.1, 0.15) is 0 Å². The number of rotatable bonds is 5. The minimum atomic E-state index is -0.151. The Kier molecular flexibility index (Phi) is 4.79. The largest absolute Gasteiger partial charge is 0.454 e. The first-order valence-electron chi connectivity index (χ1n) is 7.00. The van der Waals surface area contributed by atoms with E-state index in [0.717, 1.165) is 11.4 Å². The molecule has 0 aromatic heterocycles. The average Bonchev–Trinajstić information content (AvgIpc) is 2.98. The van der Waals surface area contributed by atoms with E-state index < -0.39 is 0 Å². The van der Waals surface area contributed by atoms with E-state index in [0.29, 0.717) is 28.0 Å². The van der Waals surface area contributed by atoms with Crippen molar-refractivity contribution in [2.24, 2.45) is 0 Å². The number of amides is 1. The van der Waals surface area contributed by atoms with Crippen LogP contribution in [0.15, 0.2) is 36.4 Å². The molecule has 0 unspecified atom stereocenters. The lowest BCUT2D eigenvalue weighted by molar-refractivity contribution is -0.115. The second kappa shape index (κ2) is 6.98. The van der Waals surface area contributed by atoms with Crippen LogP contribution in [-0.2, 0) is 4.79 Å². The van der Waals surface area contributed by atoms with Crippen LogP contribution < -0.4 is 20.1 Å². The van der Waals surface area contributed by atoms with Crippen LogP contribution in [0.5, 0.6) is 11.5 Å². The van der Waals surface area contributed by atoms with Gasteiger partial charge in [0.15, 0.2) is 11.5 Å². The van der Waals surface area contributed by atoms with Crippen LogP contribution in [0.4, 0.5) is 11.4 Å². The molecule has 3 rings (SSSR count). The number of carbonyl (C=O) groups is 1. The maximum absolute atomic E-state index is 12.0. The van der Waals surface area contributed by atoms with Crippen molar-refractivity contribution < 1.29 is 14.3 Å². The van der Waals surface area contributed by atoms with Crippen LogP contribution in [0.2, 0.25) is 10.0 Å². The van der Waals surface area contributed by atoms with Gasteiger partial charge in [-0.15, -0.1) is 0 Å². The predicted molar refractivity (Wildman–Crippen MR) is 90.8 cm³/mol. The van der Waals surface area contributed by atoms with E-state index in [2.05, 4.69) is 10.6 Å². The molecule has 0 fully saturated rings. The van der Waals surface area contributed by atoms with Gasteiger partial charge in [-0.2, -0.15) is 0 Å². The number of hydrogen-bond acceptors (Lipinski definition) is 4. The Morgan fingerprint density at radius 3 is 2.78 bits per heavy atom. The molecule has 1 amide bonds. The van der Waals surface area contributed by atoms with Crippen LogP contribution in [0.3, 0.4) is 0 Å². The zero-order valence-corrected chi connectivity index (χ0v) is 13.6. The van der Waals surface area contributed by atoms with Gasteiger partial charge in [0, 0.05) is 29.7 Å². The van der Waals surface area contributed by atoms with Gasteiger partial charge < -0.3 is 20.1 Å². The van der Waals surface area contributed by atoms with Gasteiger partial charge in [-0.1, -0.05) is 23.2 Å². The first-order valence-corrected chi connectivity index (χ1v) is 7.76. The number of fused-ring (bicyclic) bond motifs is 1. The molecule has 120 valence electrons. The number of nitrogens with one attached hydrogen (secondary N) is 2. The summed E-state index contributed by atoms with van der Waals surface area (Å²) in [6, 6.07) is 10.5. The van der Waals surface area contributed by atoms with Gasteiger partial charge in [-0.25, -0.2) is 0 Å². The maximum Gasteiger partial charge on any atom is 0.231 e. The zero-order chi connectivity index (χ0) is 16.2. The maximum atomic E-state index is 12.0. The highest BCUT2D eigenvalue weighted by Crippen LogP contribution is 2.34. The number of anilines is 2. The quantitative estimate of drug-likeness (QED) is 0.847. The second-order valence-electron chi connectivity index (χ2n) is 4.92. The molecule has 2 aromatic carbocycles. The van der Waals surface area contributed by atoms with Crippen molar-refractivity contribution in [1.29, 1.82) is 0 Å². The van der Waals surface area contributed by atoms with Crippen molar-refractivity contribution in [2.75, 3.05) is 24.0 Å². The van der Waals surface area contributed by atoms with Crippen molar-refractivity contribution in [1.82, 2.24) is 0 Å². The Hall–Kier alpha value is -2.11. The molecule has 0 spiro atoms. The fraction of sp³-hybridized carbons (Fsp3) is 0.188. The smallest absolute Gasteiger partial charge is 0.231 e. The minimum absolute atomic E-state index is 0.151. The van der Waals surface area contributed by atoms with Crippen molar-refractivity contribution in [3.8, 4) is 11.5 Å².